The van der Waals surface area contributed by atoms with Crippen molar-refractivity contribution < 1.29 is 9.63 Å². The summed E-state index contributed by atoms with van der Waals surface area (Å²) in [5, 5.41) is 6.94. The molecule has 164 valence electrons. The fraction of sp³-hybridized carbons (Fsp3) is 0.591. The quantitative estimate of drug-likeness (QED) is 0.208. The predicted molar refractivity (Wildman–Crippen MR) is 119 cm³/mol. The minimum atomic E-state index is -0.348. The third kappa shape index (κ3) is 7.33. The van der Waals surface area contributed by atoms with E-state index in [2.05, 4.69) is 27.5 Å². The number of hydrogen-bond acceptors (Lipinski definition) is 8. The van der Waals surface area contributed by atoms with Gasteiger partial charge in [0.15, 0.2) is 0 Å². The van der Waals surface area contributed by atoms with E-state index in [0.717, 1.165) is 57.6 Å². The molecule has 2 aliphatic rings. The standard InChI is InChI=1S/C22H34N6O2/c23-15-18(24)16-26-30-21(29)7-4-14-28(20-10-11-20)13-2-1-6-19-9-8-17-5-3-12-25-22(17)27-19/h8-9,15-16,20H,1-7,10-14,23-24H2,(H,25,27)/b18-15+,26-16+. The van der Waals surface area contributed by atoms with Gasteiger partial charge in [-0.2, -0.15) is 0 Å². The number of fused-ring (bicyclic) bond motifs is 1. The predicted octanol–water partition coefficient (Wildman–Crippen LogP) is 2.29. The molecular weight excluding hydrogens is 380 g/mol. The van der Waals surface area contributed by atoms with Gasteiger partial charge in [-0.15, -0.1) is 0 Å². The van der Waals surface area contributed by atoms with E-state index in [1.54, 1.807) is 0 Å². The van der Waals surface area contributed by atoms with Gasteiger partial charge < -0.3 is 26.5 Å². The van der Waals surface area contributed by atoms with Gasteiger partial charge in [0.25, 0.3) is 0 Å². The lowest BCUT2D eigenvalue weighted by atomic mass is 10.1. The molecule has 0 radical (unpaired) electrons. The number of aryl methyl sites for hydroxylation is 2. The molecule has 3 rings (SSSR count). The van der Waals surface area contributed by atoms with E-state index in [-0.39, 0.29) is 11.7 Å². The Morgan fingerprint density at radius 2 is 2.13 bits per heavy atom. The number of nitrogens with zero attached hydrogens (tertiary/aromatic N) is 3. The van der Waals surface area contributed by atoms with E-state index in [0.29, 0.717) is 12.5 Å². The number of aromatic nitrogens is 1. The van der Waals surface area contributed by atoms with Crippen LogP contribution in [0, 0.1) is 0 Å². The number of hydrogen-bond donors (Lipinski definition) is 3. The topological polar surface area (TPSA) is 119 Å². The highest BCUT2D eigenvalue weighted by Gasteiger charge is 2.28. The summed E-state index contributed by atoms with van der Waals surface area (Å²) in [6, 6.07) is 5.08. The Hall–Kier alpha value is -2.61. The normalized spacial score (nSPS) is 16.5. The summed E-state index contributed by atoms with van der Waals surface area (Å²) in [5.41, 5.74) is 13.4. The van der Waals surface area contributed by atoms with E-state index < -0.39 is 0 Å². The number of carbonyl (C=O) groups is 1. The van der Waals surface area contributed by atoms with E-state index in [1.807, 2.05) is 0 Å². The number of unbranched alkanes of at least 4 members (excludes halogenated alkanes) is 1. The zero-order chi connectivity index (χ0) is 21.2. The maximum Gasteiger partial charge on any atom is 0.335 e. The van der Waals surface area contributed by atoms with Crippen LogP contribution in [-0.2, 0) is 22.5 Å². The highest BCUT2D eigenvalue weighted by atomic mass is 16.7. The molecule has 0 unspecified atom stereocenters. The molecule has 1 aliphatic carbocycles. The Bertz CT molecular complexity index is 760. The minimum Gasteiger partial charge on any atom is -0.403 e. The van der Waals surface area contributed by atoms with Gasteiger partial charge in [-0.3, -0.25) is 0 Å². The molecule has 0 atom stereocenters. The smallest absolute Gasteiger partial charge is 0.335 e. The van der Waals surface area contributed by atoms with Crippen LogP contribution in [0.2, 0.25) is 0 Å². The lowest BCUT2D eigenvalue weighted by Crippen LogP contribution is -2.28. The molecule has 0 spiro atoms. The molecule has 1 saturated carbocycles. The van der Waals surface area contributed by atoms with Crippen LogP contribution in [0.4, 0.5) is 5.82 Å². The monoisotopic (exact) mass is 414 g/mol. The van der Waals surface area contributed by atoms with E-state index in [9.17, 15) is 4.79 Å². The molecule has 0 aromatic carbocycles. The van der Waals surface area contributed by atoms with Crippen molar-refractivity contribution in [3.05, 3.63) is 35.3 Å². The third-order valence-corrected chi connectivity index (χ3v) is 5.52. The van der Waals surface area contributed by atoms with Crippen LogP contribution in [0.3, 0.4) is 0 Å². The van der Waals surface area contributed by atoms with E-state index >= 15 is 0 Å². The fourth-order valence-corrected chi connectivity index (χ4v) is 3.71. The number of oxime groups is 1. The van der Waals surface area contributed by atoms with Crippen LogP contribution in [0.1, 0.15) is 56.2 Å². The Kier molecular flexibility index (Phi) is 8.50. The largest absolute Gasteiger partial charge is 0.403 e. The highest BCUT2D eigenvalue weighted by Crippen LogP contribution is 2.27. The molecule has 0 saturated heterocycles. The van der Waals surface area contributed by atoms with Crippen LogP contribution in [0.5, 0.6) is 0 Å². The average molecular weight is 415 g/mol. The maximum atomic E-state index is 11.7. The molecule has 8 nitrogen and oxygen atoms in total. The van der Waals surface area contributed by atoms with Crippen molar-refractivity contribution in [2.75, 3.05) is 25.0 Å². The van der Waals surface area contributed by atoms with Crippen LogP contribution in [0.15, 0.2) is 29.2 Å². The van der Waals surface area contributed by atoms with Crippen LogP contribution < -0.4 is 16.8 Å². The number of rotatable bonds is 12. The average Bonchev–Trinajstić information content (AvgIpc) is 3.60. The van der Waals surface area contributed by atoms with Gasteiger partial charge in [0.05, 0.1) is 11.9 Å². The van der Waals surface area contributed by atoms with Crippen LogP contribution >= 0.6 is 0 Å². The second kappa shape index (κ2) is 11.5. The Morgan fingerprint density at radius 1 is 1.30 bits per heavy atom. The molecule has 2 heterocycles. The summed E-state index contributed by atoms with van der Waals surface area (Å²) < 4.78 is 0. The Morgan fingerprint density at radius 3 is 2.93 bits per heavy atom. The third-order valence-electron chi connectivity index (χ3n) is 5.52. The number of nitrogens with two attached hydrogens (primary N) is 2. The number of carbonyl (C=O) groups excluding carboxylic acids is 1. The number of allylic oxidation sites excluding steroid dienone is 1. The van der Waals surface area contributed by atoms with E-state index in [4.69, 9.17) is 21.3 Å². The summed E-state index contributed by atoms with van der Waals surface area (Å²) in [6.45, 7) is 3.01. The van der Waals surface area contributed by atoms with E-state index in [1.165, 1.54) is 42.9 Å². The zero-order valence-electron chi connectivity index (χ0n) is 17.7. The van der Waals surface area contributed by atoms with Crippen molar-refractivity contribution in [1.82, 2.24) is 9.88 Å². The van der Waals surface area contributed by atoms with Crippen molar-refractivity contribution in [3.8, 4) is 0 Å². The van der Waals surface area contributed by atoms with Crippen molar-refractivity contribution in [2.24, 2.45) is 16.6 Å². The first kappa shape index (κ1) is 22.1. The van der Waals surface area contributed by atoms with Crippen molar-refractivity contribution in [3.63, 3.8) is 0 Å². The van der Waals surface area contributed by atoms with Gasteiger partial charge in [0, 0.05) is 30.9 Å². The fourth-order valence-electron chi connectivity index (χ4n) is 3.71. The molecule has 0 amide bonds. The highest BCUT2D eigenvalue weighted by molar-refractivity contribution is 5.77. The molecule has 1 aliphatic heterocycles. The molecule has 0 bridgehead atoms. The molecule has 1 fully saturated rings. The number of nitrogens with one attached hydrogen (secondary N) is 1. The zero-order valence-corrected chi connectivity index (χ0v) is 17.7. The van der Waals surface area contributed by atoms with Crippen molar-refractivity contribution >= 4 is 18.0 Å². The van der Waals surface area contributed by atoms with Gasteiger partial charge in [-0.05, 0) is 76.1 Å². The first-order chi connectivity index (χ1) is 14.7. The minimum absolute atomic E-state index is 0.254. The number of pyridine rings is 1. The first-order valence-electron chi connectivity index (χ1n) is 11.0. The first-order valence-corrected chi connectivity index (χ1v) is 11.0. The molecule has 8 heteroatoms. The van der Waals surface area contributed by atoms with Gasteiger partial charge in [-0.1, -0.05) is 11.2 Å². The van der Waals surface area contributed by atoms with Gasteiger partial charge >= 0.3 is 5.97 Å². The summed E-state index contributed by atoms with van der Waals surface area (Å²) >= 11 is 0. The van der Waals surface area contributed by atoms with Crippen LogP contribution in [-0.4, -0.2) is 47.7 Å². The molecule has 1 aromatic heterocycles. The van der Waals surface area contributed by atoms with Crippen LogP contribution in [0.25, 0.3) is 0 Å². The summed E-state index contributed by atoms with van der Waals surface area (Å²) in [5.74, 6) is 0.732. The lowest BCUT2D eigenvalue weighted by Gasteiger charge is -2.21. The summed E-state index contributed by atoms with van der Waals surface area (Å²) in [4.78, 5) is 23.8. The number of anilines is 1. The lowest BCUT2D eigenvalue weighted by molar-refractivity contribution is -0.143. The molecule has 30 heavy (non-hydrogen) atoms. The Labute approximate surface area is 178 Å². The second-order valence-corrected chi connectivity index (χ2v) is 8.03. The van der Waals surface area contributed by atoms with Gasteiger partial charge in [0.2, 0.25) is 0 Å². The summed E-state index contributed by atoms with van der Waals surface area (Å²) in [7, 11) is 0. The summed E-state index contributed by atoms with van der Waals surface area (Å²) in [6.07, 6.45) is 11.7. The van der Waals surface area contributed by atoms with Crippen molar-refractivity contribution in [1.29, 1.82) is 0 Å². The molecular formula is C22H34N6O2. The van der Waals surface area contributed by atoms with Gasteiger partial charge in [-0.25, -0.2) is 9.78 Å². The molecule has 5 N–H and O–H groups in total. The second-order valence-electron chi connectivity index (χ2n) is 8.03. The molecule has 1 aromatic rings. The SMILES string of the molecule is N/C=C(N)\C=N\OC(=O)CCCN(CCCCc1ccc2c(n1)NCCC2)C1CC1. The van der Waals surface area contributed by atoms with Crippen molar-refractivity contribution in [2.45, 2.75) is 63.8 Å². The maximum absolute atomic E-state index is 11.7. The Balaban J connectivity index is 1.32. The van der Waals surface area contributed by atoms with Gasteiger partial charge in [0.1, 0.15) is 5.82 Å².